The number of hydrogen-bond acceptors (Lipinski definition) is 5. The highest BCUT2D eigenvalue weighted by atomic mass is 32.2. The lowest BCUT2D eigenvalue weighted by atomic mass is 9.76. The molecule has 0 saturated carbocycles. The number of allylic oxidation sites excluding steroid dienone is 1. The van der Waals surface area contributed by atoms with Crippen molar-refractivity contribution in [3.05, 3.63) is 46.9 Å². The minimum atomic E-state index is -4.37. The Bertz CT molecular complexity index is 1010. The van der Waals surface area contributed by atoms with E-state index in [9.17, 15) is 22.6 Å². The van der Waals surface area contributed by atoms with Crippen LogP contribution in [0.15, 0.2) is 41.3 Å². The molecule has 35 heavy (non-hydrogen) atoms. The molecule has 0 aliphatic carbocycles. The van der Waals surface area contributed by atoms with Crippen LogP contribution in [0.3, 0.4) is 0 Å². The molecule has 9 heteroatoms. The molecule has 0 unspecified atom stereocenters. The number of nitrogens with one attached hydrogen (secondary N) is 2. The Morgan fingerprint density at radius 3 is 1.94 bits per heavy atom. The number of rotatable bonds is 10. The minimum Gasteiger partial charge on any atom is -0.342 e. The summed E-state index contributed by atoms with van der Waals surface area (Å²) in [5.41, 5.74) is -0.205. The molecule has 0 aromatic heterocycles. The molecule has 0 aliphatic rings. The zero-order valence-electron chi connectivity index (χ0n) is 22.7. The fourth-order valence-corrected chi connectivity index (χ4v) is 4.47. The highest BCUT2D eigenvalue weighted by Crippen LogP contribution is 2.29. The van der Waals surface area contributed by atoms with Gasteiger partial charge in [0.15, 0.2) is 0 Å². The van der Waals surface area contributed by atoms with E-state index in [4.69, 9.17) is 0 Å². The zero-order chi connectivity index (χ0) is 27.4. The summed E-state index contributed by atoms with van der Waals surface area (Å²) in [7, 11) is -1.08. The molecule has 1 rings (SSSR count). The summed E-state index contributed by atoms with van der Waals surface area (Å²) in [6.45, 7) is 14.5. The van der Waals surface area contributed by atoms with Crippen LogP contribution in [-0.4, -0.2) is 61.9 Å². The van der Waals surface area contributed by atoms with Crippen molar-refractivity contribution in [3.8, 4) is 0 Å². The number of carbonyl (C=O) groups excluding carboxylic acids is 2. The van der Waals surface area contributed by atoms with Crippen LogP contribution in [0.25, 0.3) is 0 Å². The first-order valence-electron chi connectivity index (χ1n) is 11.8. The van der Waals surface area contributed by atoms with Gasteiger partial charge < -0.3 is 15.5 Å². The normalized spacial score (nSPS) is 15.9. The lowest BCUT2D eigenvalue weighted by Crippen LogP contribution is -2.61. The Kier molecular flexibility index (Phi) is 10.3. The predicted molar refractivity (Wildman–Crippen MR) is 140 cm³/mol. The first-order chi connectivity index (χ1) is 15.9. The summed E-state index contributed by atoms with van der Waals surface area (Å²) < 4.78 is 32.5. The second-order valence-corrected chi connectivity index (χ2v) is 12.6. The molecule has 0 radical (unpaired) electrons. The lowest BCUT2D eigenvalue weighted by Gasteiger charge is -2.39. The number of likely N-dealkylation sites (N-methyl/N-ethyl adjacent to an activating group) is 2. The summed E-state index contributed by atoms with van der Waals surface area (Å²) in [5.74, 6) is -0.802. The third kappa shape index (κ3) is 7.88. The molecule has 3 N–H and O–H groups in total. The minimum absolute atomic E-state index is 0.140. The van der Waals surface area contributed by atoms with Crippen molar-refractivity contribution in [2.45, 2.75) is 78.9 Å². The van der Waals surface area contributed by atoms with E-state index in [1.54, 1.807) is 14.1 Å². The van der Waals surface area contributed by atoms with E-state index in [1.807, 2.05) is 78.8 Å². The summed E-state index contributed by atoms with van der Waals surface area (Å²) in [5, 5.41) is 6.07. The van der Waals surface area contributed by atoms with Crippen molar-refractivity contribution in [1.82, 2.24) is 15.5 Å². The molecule has 198 valence electrons. The smallest absolute Gasteiger partial charge is 0.290 e. The Morgan fingerprint density at radius 2 is 1.54 bits per heavy atom. The third-order valence-electron chi connectivity index (χ3n) is 6.48. The van der Waals surface area contributed by atoms with Gasteiger partial charge >= 0.3 is 0 Å². The van der Waals surface area contributed by atoms with Gasteiger partial charge in [0.25, 0.3) is 10.1 Å². The van der Waals surface area contributed by atoms with Crippen molar-refractivity contribution >= 4 is 21.9 Å². The Hall–Kier alpha value is -2.23. The van der Waals surface area contributed by atoms with Crippen molar-refractivity contribution in [3.63, 3.8) is 0 Å². The largest absolute Gasteiger partial charge is 0.342 e. The third-order valence-corrected chi connectivity index (χ3v) is 7.43. The average Bonchev–Trinajstić information content (AvgIpc) is 2.73. The fourth-order valence-electron chi connectivity index (χ4n) is 4.16. The quantitative estimate of drug-likeness (QED) is 0.417. The summed E-state index contributed by atoms with van der Waals surface area (Å²) in [6, 6.07) is 7.61. The molecule has 1 aromatic carbocycles. The van der Waals surface area contributed by atoms with Crippen LogP contribution in [-0.2, 0) is 25.1 Å². The molecule has 1 aromatic rings. The van der Waals surface area contributed by atoms with E-state index in [2.05, 4.69) is 10.6 Å². The Balaban J connectivity index is 3.33. The van der Waals surface area contributed by atoms with E-state index >= 15 is 0 Å². The molecular formula is C26H43N3O5S. The van der Waals surface area contributed by atoms with Crippen LogP contribution in [0.5, 0.6) is 0 Å². The fraction of sp³-hybridized carbons (Fsp3) is 0.615. The molecule has 0 heterocycles. The van der Waals surface area contributed by atoms with Gasteiger partial charge in [0.1, 0.15) is 6.04 Å². The van der Waals surface area contributed by atoms with Gasteiger partial charge in [-0.05, 0) is 36.9 Å². The van der Waals surface area contributed by atoms with E-state index in [1.165, 1.54) is 17.9 Å². The van der Waals surface area contributed by atoms with Gasteiger partial charge in [0.2, 0.25) is 11.8 Å². The highest BCUT2D eigenvalue weighted by molar-refractivity contribution is 7.89. The maximum absolute atomic E-state index is 13.7. The zero-order valence-corrected chi connectivity index (χ0v) is 23.5. The second-order valence-electron chi connectivity index (χ2n) is 11.1. The van der Waals surface area contributed by atoms with Gasteiger partial charge in [-0.15, -0.1) is 0 Å². The molecule has 0 saturated heterocycles. The van der Waals surface area contributed by atoms with Gasteiger partial charge in [-0.3, -0.25) is 14.1 Å². The number of benzene rings is 1. The van der Waals surface area contributed by atoms with Crippen LogP contribution in [0.2, 0.25) is 0 Å². The standard InChI is InChI=1S/C26H43N3O5S/c1-17(2)20(16-18(3)35(32,33)34)29(10)24(31)22(25(4,5)6)28-23(30)21(27-9)26(7,8)19-14-12-11-13-15-19/h11-17,20-22,27H,1-10H3,(H,28,30)(H,32,33,34)/b18-16+/t20-,21-,22-/m1/s1. The summed E-state index contributed by atoms with van der Waals surface area (Å²) in [4.78, 5) is 28.4. The van der Waals surface area contributed by atoms with E-state index in [0.717, 1.165) is 5.56 Å². The Morgan fingerprint density at radius 1 is 1.03 bits per heavy atom. The number of amides is 2. The van der Waals surface area contributed by atoms with Crippen molar-refractivity contribution < 1.29 is 22.6 Å². The predicted octanol–water partition coefficient (Wildman–Crippen LogP) is 3.36. The lowest BCUT2D eigenvalue weighted by molar-refractivity contribution is -0.140. The van der Waals surface area contributed by atoms with Crippen LogP contribution in [0, 0.1) is 11.3 Å². The SMILES string of the molecule is CN[C@H](C(=O)N[C@H](C(=O)N(C)[C@H](/C=C(\C)S(=O)(=O)O)C(C)C)C(C)(C)C)C(C)(C)c1ccccc1. The number of hydrogen-bond donors (Lipinski definition) is 3. The molecular weight excluding hydrogens is 466 g/mol. The van der Waals surface area contributed by atoms with Gasteiger partial charge in [-0.25, -0.2) is 0 Å². The number of nitrogens with zero attached hydrogens (tertiary/aromatic N) is 1. The van der Waals surface area contributed by atoms with Crippen LogP contribution in [0.1, 0.15) is 61.0 Å². The second kappa shape index (κ2) is 11.7. The van der Waals surface area contributed by atoms with Gasteiger partial charge in [-0.1, -0.05) is 78.8 Å². The number of carbonyl (C=O) groups is 2. The molecule has 0 bridgehead atoms. The van der Waals surface area contributed by atoms with Crippen LogP contribution >= 0.6 is 0 Å². The first kappa shape index (κ1) is 30.8. The van der Waals surface area contributed by atoms with E-state index in [-0.39, 0.29) is 22.6 Å². The molecule has 0 spiro atoms. The van der Waals surface area contributed by atoms with Gasteiger partial charge in [0.05, 0.1) is 17.0 Å². The molecule has 8 nitrogen and oxygen atoms in total. The van der Waals surface area contributed by atoms with Crippen LogP contribution in [0.4, 0.5) is 0 Å². The highest BCUT2D eigenvalue weighted by Gasteiger charge is 2.41. The molecule has 0 fully saturated rings. The van der Waals surface area contributed by atoms with Gasteiger partial charge in [0, 0.05) is 12.5 Å². The molecule has 0 aliphatic heterocycles. The van der Waals surface area contributed by atoms with Crippen molar-refractivity contribution in [2.24, 2.45) is 11.3 Å². The summed E-state index contributed by atoms with van der Waals surface area (Å²) in [6.07, 6.45) is 1.37. The average molecular weight is 510 g/mol. The molecule has 2 amide bonds. The van der Waals surface area contributed by atoms with Gasteiger partial charge in [-0.2, -0.15) is 8.42 Å². The monoisotopic (exact) mass is 509 g/mol. The maximum atomic E-state index is 13.7. The Labute approximate surface area is 211 Å². The van der Waals surface area contributed by atoms with Crippen molar-refractivity contribution in [2.75, 3.05) is 14.1 Å². The topological polar surface area (TPSA) is 116 Å². The molecule has 3 atom stereocenters. The van der Waals surface area contributed by atoms with Crippen LogP contribution < -0.4 is 10.6 Å². The summed E-state index contributed by atoms with van der Waals surface area (Å²) >= 11 is 0. The first-order valence-corrected chi connectivity index (χ1v) is 13.3. The van der Waals surface area contributed by atoms with E-state index in [0.29, 0.717) is 0 Å². The van der Waals surface area contributed by atoms with Crippen molar-refractivity contribution in [1.29, 1.82) is 0 Å². The maximum Gasteiger partial charge on any atom is 0.290 e. The van der Waals surface area contributed by atoms with E-state index < -0.39 is 39.1 Å².